The van der Waals surface area contributed by atoms with Crippen LogP contribution in [0.4, 0.5) is 0 Å². The van der Waals surface area contributed by atoms with E-state index in [9.17, 15) is 4.79 Å². The van der Waals surface area contributed by atoms with Gasteiger partial charge in [0.1, 0.15) is 0 Å². The molecule has 0 amide bonds. The molecule has 1 aliphatic carbocycles. The molecule has 3 heteroatoms. The smallest absolute Gasteiger partial charge is 0.159 e. The molecule has 3 rings (SSSR count). The highest BCUT2D eigenvalue weighted by Gasteiger charge is 2.53. The summed E-state index contributed by atoms with van der Waals surface area (Å²) in [6.45, 7) is 9.43. The number of allylic oxidation sites excluding steroid dienone is 2. The molecule has 1 aromatic carbocycles. The number of ether oxygens (including phenoxy) is 1. The molecule has 4 atom stereocenters. The second kappa shape index (κ2) is 7.05. The maximum atomic E-state index is 12.7. The molecule has 1 heterocycles. The summed E-state index contributed by atoms with van der Waals surface area (Å²) in [6, 6.07) is 10.5. The Balaban J connectivity index is 1.73. The van der Waals surface area contributed by atoms with Crippen LogP contribution in [0.15, 0.2) is 42.5 Å². The van der Waals surface area contributed by atoms with Crippen molar-refractivity contribution in [3.8, 4) is 0 Å². The lowest BCUT2D eigenvalue weighted by Crippen LogP contribution is -2.38. The fourth-order valence-electron chi connectivity index (χ4n) is 3.79. The number of fused-ring (bicyclic) bond motifs is 1. The Morgan fingerprint density at radius 1 is 1.20 bits per heavy atom. The summed E-state index contributed by atoms with van der Waals surface area (Å²) in [4.78, 5) is 12.7. The average molecular weight is 341 g/mol. The van der Waals surface area contributed by atoms with E-state index >= 15 is 0 Å². The summed E-state index contributed by atoms with van der Waals surface area (Å²) in [5.41, 5.74) is 1.22. The first-order valence-corrected chi connectivity index (χ1v) is 9.47. The van der Waals surface area contributed by atoms with E-state index < -0.39 is 0 Å². The van der Waals surface area contributed by atoms with Gasteiger partial charge in [0.15, 0.2) is 5.78 Å². The van der Waals surface area contributed by atoms with Gasteiger partial charge in [0.25, 0.3) is 0 Å². The van der Waals surface area contributed by atoms with E-state index in [1.54, 1.807) is 6.08 Å². The molecular weight excluding hydrogens is 310 g/mol. The van der Waals surface area contributed by atoms with E-state index in [2.05, 4.69) is 56.4 Å². The molecular formula is C22H31NO2. The quantitative estimate of drug-likeness (QED) is 0.835. The number of nitrogens with one attached hydrogen (secondary N) is 1. The lowest BCUT2D eigenvalue weighted by molar-refractivity contribution is -0.118. The van der Waals surface area contributed by atoms with Gasteiger partial charge in [0, 0.05) is 18.5 Å². The number of rotatable bonds is 3. The van der Waals surface area contributed by atoms with Gasteiger partial charge in [-0.15, -0.1) is 0 Å². The van der Waals surface area contributed by atoms with Crippen molar-refractivity contribution in [1.29, 1.82) is 0 Å². The van der Waals surface area contributed by atoms with E-state index in [1.165, 1.54) is 5.56 Å². The van der Waals surface area contributed by atoms with Crippen LogP contribution in [0.3, 0.4) is 0 Å². The summed E-state index contributed by atoms with van der Waals surface area (Å²) in [5, 5.41) is 3.62. The van der Waals surface area contributed by atoms with Crippen LogP contribution >= 0.6 is 0 Å². The first-order chi connectivity index (χ1) is 11.8. The van der Waals surface area contributed by atoms with Crippen molar-refractivity contribution in [2.24, 2.45) is 11.3 Å². The molecule has 1 aliphatic heterocycles. The van der Waals surface area contributed by atoms with Crippen molar-refractivity contribution in [2.45, 2.75) is 71.2 Å². The SMILES string of the molecule is C[C@H]1C(=O)/C=C/C(C)(C)C[C@@H]2O[C@]2(C)CC[C@H]1NCc1ccccc1. The summed E-state index contributed by atoms with van der Waals surface area (Å²) in [5.74, 6) is 0.190. The molecule has 3 nitrogen and oxygen atoms in total. The molecule has 0 radical (unpaired) electrons. The number of hydrogen-bond acceptors (Lipinski definition) is 3. The van der Waals surface area contributed by atoms with Crippen LogP contribution in [-0.2, 0) is 16.1 Å². The normalized spacial score (nSPS) is 36.2. The Labute approximate surface area is 151 Å². The van der Waals surface area contributed by atoms with Gasteiger partial charge in [-0.2, -0.15) is 0 Å². The zero-order chi connectivity index (χ0) is 18.1. The predicted octanol–water partition coefficient (Wildman–Crippen LogP) is 4.27. The van der Waals surface area contributed by atoms with Crippen LogP contribution in [0.2, 0.25) is 0 Å². The number of hydrogen-bond donors (Lipinski definition) is 1. The molecule has 1 N–H and O–H groups in total. The highest BCUT2D eigenvalue weighted by atomic mass is 16.6. The van der Waals surface area contributed by atoms with Crippen LogP contribution in [-0.4, -0.2) is 23.5 Å². The fraction of sp³-hybridized carbons (Fsp3) is 0.591. The van der Waals surface area contributed by atoms with E-state index in [1.807, 2.05) is 13.0 Å². The zero-order valence-corrected chi connectivity index (χ0v) is 15.9. The largest absolute Gasteiger partial charge is 0.366 e. The Bertz CT molecular complexity index is 637. The Kier molecular flexibility index (Phi) is 5.17. The fourth-order valence-corrected chi connectivity index (χ4v) is 3.79. The number of carbonyl (C=O) groups excluding carboxylic acids is 1. The van der Waals surface area contributed by atoms with Crippen molar-refractivity contribution in [3.63, 3.8) is 0 Å². The van der Waals surface area contributed by atoms with Crippen molar-refractivity contribution in [2.75, 3.05) is 0 Å². The van der Waals surface area contributed by atoms with Crippen LogP contribution < -0.4 is 5.32 Å². The number of ketones is 1. The van der Waals surface area contributed by atoms with Crippen molar-refractivity contribution in [1.82, 2.24) is 5.32 Å². The van der Waals surface area contributed by atoms with Gasteiger partial charge in [-0.05, 0) is 43.2 Å². The third-order valence-electron chi connectivity index (χ3n) is 5.86. The third-order valence-corrected chi connectivity index (χ3v) is 5.86. The number of benzene rings is 1. The van der Waals surface area contributed by atoms with Gasteiger partial charge in [-0.1, -0.05) is 57.2 Å². The summed E-state index contributed by atoms with van der Waals surface area (Å²) < 4.78 is 6.04. The minimum atomic E-state index is -0.0327. The maximum Gasteiger partial charge on any atom is 0.159 e. The minimum Gasteiger partial charge on any atom is -0.366 e. The van der Waals surface area contributed by atoms with Gasteiger partial charge in [0.05, 0.1) is 11.7 Å². The topological polar surface area (TPSA) is 41.6 Å². The summed E-state index contributed by atoms with van der Waals surface area (Å²) in [6.07, 6.45) is 7.12. The molecule has 1 aromatic rings. The van der Waals surface area contributed by atoms with E-state index in [0.717, 1.165) is 25.8 Å². The van der Waals surface area contributed by atoms with Crippen LogP contribution in [0.5, 0.6) is 0 Å². The Morgan fingerprint density at radius 2 is 1.92 bits per heavy atom. The summed E-state index contributed by atoms with van der Waals surface area (Å²) >= 11 is 0. The lowest BCUT2D eigenvalue weighted by atomic mass is 9.84. The van der Waals surface area contributed by atoms with E-state index in [4.69, 9.17) is 4.74 Å². The first kappa shape index (κ1) is 18.3. The molecule has 0 saturated carbocycles. The maximum absolute atomic E-state index is 12.7. The molecule has 25 heavy (non-hydrogen) atoms. The molecule has 0 spiro atoms. The van der Waals surface area contributed by atoms with E-state index in [-0.39, 0.29) is 28.8 Å². The second-order valence-corrected chi connectivity index (χ2v) is 8.65. The standard InChI is InChI=1S/C22H31NO2/c1-16-18(23-15-17-8-6-5-7-9-17)10-13-22(4)20(25-22)14-21(2,3)12-11-19(16)24/h5-9,11-12,16,18,20,23H,10,13-15H2,1-4H3/b12-11+/t16-,18-,20+,22-/m1/s1. The van der Waals surface area contributed by atoms with Gasteiger partial charge >= 0.3 is 0 Å². The minimum absolute atomic E-state index is 0.00485. The highest BCUT2D eigenvalue weighted by molar-refractivity contribution is 5.92. The second-order valence-electron chi connectivity index (χ2n) is 8.65. The molecule has 136 valence electrons. The predicted molar refractivity (Wildman–Crippen MR) is 101 cm³/mol. The van der Waals surface area contributed by atoms with Crippen molar-refractivity contribution in [3.05, 3.63) is 48.0 Å². The Morgan fingerprint density at radius 3 is 2.64 bits per heavy atom. The molecule has 1 saturated heterocycles. The lowest BCUT2D eigenvalue weighted by Gasteiger charge is -2.24. The number of carbonyl (C=O) groups is 1. The van der Waals surface area contributed by atoms with Gasteiger partial charge < -0.3 is 10.1 Å². The van der Waals surface area contributed by atoms with Gasteiger partial charge in [-0.3, -0.25) is 4.79 Å². The zero-order valence-electron chi connectivity index (χ0n) is 15.9. The van der Waals surface area contributed by atoms with Gasteiger partial charge in [-0.25, -0.2) is 0 Å². The van der Waals surface area contributed by atoms with Crippen LogP contribution in [0, 0.1) is 11.3 Å². The molecule has 1 fully saturated rings. The highest BCUT2D eigenvalue weighted by Crippen LogP contribution is 2.47. The Hall–Kier alpha value is -1.45. The molecule has 0 aromatic heterocycles. The van der Waals surface area contributed by atoms with Gasteiger partial charge in [0.2, 0.25) is 0 Å². The molecule has 2 aliphatic rings. The molecule has 0 unspecified atom stereocenters. The molecule has 0 bridgehead atoms. The number of epoxide rings is 1. The van der Waals surface area contributed by atoms with E-state index in [0.29, 0.717) is 6.10 Å². The van der Waals surface area contributed by atoms with Crippen molar-refractivity contribution < 1.29 is 9.53 Å². The first-order valence-electron chi connectivity index (χ1n) is 9.47. The van der Waals surface area contributed by atoms with Crippen LogP contribution in [0.25, 0.3) is 0 Å². The van der Waals surface area contributed by atoms with Crippen LogP contribution in [0.1, 0.15) is 52.5 Å². The average Bonchev–Trinajstić information content (AvgIpc) is 3.21. The third kappa shape index (κ3) is 4.59. The summed E-state index contributed by atoms with van der Waals surface area (Å²) in [7, 11) is 0. The van der Waals surface area contributed by atoms with Crippen molar-refractivity contribution >= 4 is 5.78 Å². The monoisotopic (exact) mass is 341 g/mol.